The van der Waals surface area contributed by atoms with Gasteiger partial charge in [-0.2, -0.15) is 0 Å². The first-order valence-electron chi connectivity index (χ1n) is 13.1. The second-order valence-corrected chi connectivity index (χ2v) is 23.3. The summed E-state index contributed by atoms with van der Waals surface area (Å²) >= 11 is -1.62. The Hall–Kier alpha value is 1.49. The fraction of sp³-hybridized carbons (Fsp3) is 0. The summed E-state index contributed by atoms with van der Waals surface area (Å²) in [7, 11) is 0. The van der Waals surface area contributed by atoms with Gasteiger partial charge in [-0.3, -0.25) is 0 Å². The molecule has 0 atom stereocenters. The van der Waals surface area contributed by atoms with Crippen LogP contribution in [0.5, 0.6) is 0 Å². The number of allylic oxidation sites excluding steroid dienone is 12. The van der Waals surface area contributed by atoms with Crippen molar-refractivity contribution in [1.29, 1.82) is 0 Å². The Morgan fingerprint density at radius 1 is 0.378 bits per heavy atom. The molecule has 3 aromatic rings. The topological polar surface area (TPSA) is 0 Å². The van der Waals surface area contributed by atoms with Gasteiger partial charge in [0.15, 0.2) is 0 Å². The summed E-state index contributed by atoms with van der Waals surface area (Å²) in [5.74, 6) is 0. The molecule has 0 aromatic heterocycles. The molecule has 0 unspecified atom stereocenters. The summed E-state index contributed by atoms with van der Waals surface area (Å²) in [6, 6.07) is 26.6. The van der Waals surface area contributed by atoms with Gasteiger partial charge in [-0.05, 0) is 0 Å². The average molecular weight is 1460 g/mol. The Kier molecular flexibility index (Phi) is 21.4. The minimum absolute atomic E-state index is 0. The van der Waals surface area contributed by atoms with Crippen molar-refractivity contribution < 1.29 is 116 Å². The monoisotopic (exact) mass is 1460 g/mol. The van der Waals surface area contributed by atoms with Crippen LogP contribution < -0.4 is 52.9 Å². The van der Waals surface area contributed by atoms with E-state index in [1.165, 1.54) is 32.4 Å². The SMILES string of the molecule is C1=C[CH-]C2=c3cccc[c]3=[Bi][C]2=C1.C1=C[CH-]C2=c3cccc[c]3=[Bi][C]2=C1.C1=C[CH-]C2=c3cccc[c]3=[Bi][C]2=C1.[Cl-].[Cl-].[Cl-].[Zr+2].[Zr+2].[Zr+2]. The number of hydrogen-bond donors (Lipinski definition) is 0. The summed E-state index contributed by atoms with van der Waals surface area (Å²) in [5.41, 5.74) is 4.49. The Morgan fingerprint density at radius 3 is 0.933 bits per heavy atom. The van der Waals surface area contributed by atoms with Crippen LogP contribution >= 0.6 is 0 Å². The van der Waals surface area contributed by atoms with E-state index < -0.39 is 68.3 Å². The first-order valence-corrected chi connectivity index (χ1v) is 23.5. The molecule has 0 fully saturated rings. The van der Waals surface area contributed by atoms with Gasteiger partial charge in [0, 0.05) is 0 Å². The Bertz CT molecular complexity index is 1870. The van der Waals surface area contributed by atoms with Crippen LogP contribution in [0.15, 0.2) is 137 Å². The molecule has 3 aliphatic carbocycles. The molecule has 0 bridgehead atoms. The van der Waals surface area contributed by atoms with E-state index >= 15 is 0 Å². The number of hydrogen-bond acceptors (Lipinski definition) is 0. The van der Waals surface area contributed by atoms with Crippen LogP contribution in [0.4, 0.5) is 0 Å². The maximum absolute atomic E-state index is 2.30. The normalized spacial score (nSPS) is 14.7. The fourth-order valence-corrected chi connectivity index (χ4v) is 19.3. The molecule has 0 saturated carbocycles. The first kappa shape index (κ1) is 44.5. The third-order valence-corrected chi connectivity index (χ3v) is 21.7. The minimum atomic E-state index is -0.539. The molecule has 0 N–H and O–H groups in total. The van der Waals surface area contributed by atoms with Gasteiger partial charge >= 0.3 is 344 Å². The smallest absolute Gasteiger partial charge is 1.00 e. The molecule has 0 nitrogen and oxygen atoms in total. The molecular weight excluding hydrogens is 1440 g/mol. The predicted molar refractivity (Wildman–Crippen MR) is 167 cm³/mol. The Morgan fingerprint density at radius 2 is 0.644 bits per heavy atom. The molecule has 3 aromatic carbocycles. The molecule has 3 aliphatic heterocycles. The first-order chi connectivity index (χ1) is 19.3. The van der Waals surface area contributed by atoms with E-state index in [1.807, 2.05) is 0 Å². The third kappa shape index (κ3) is 10.3. The zero-order chi connectivity index (χ0) is 26.0. The molecule has 9 rings (SSSR count). The van der Waals surface area contributed by atoms with E-state index in [0.29, 0.717) is 0 Å². The van der Waals surface area contributed by atoms with Crippen molar-refractivity contribution in [3.63, 3.8) is 0 Å². The van der Waals surface area contributed by atoms with E-state index in [4.69, 9.17) is 0 Å². The summed E-state index contributed by atoms with van der Waals surface area (Å²) < 4.78 is 9.85. The van der Waals surface area contributed by atoms with Gasteiger partial charge < -0.3 is 37.2 Å². The van der Waals surface area contributed by atoms with E-state index in [1.54, 1.807) is 18.4 Å². The van der Waals surface area contributed by atoms with Crippen LogP contribution in [-0.2, 0) is 78.6 Å². The van der Waals surface area contributed by atoms with Gasteiger partial charge in [0.1, 0.15) is 0 Å². The van der Waals surface area contributed by atoms with Crippen molar-refractivity contribution in [2.75, 3.05) is 0 Å². The van der Waals surface area contributed by atoms with Crippen molar-refractivity contribution in [3.05, 3.63) is 181 Å². The largest absolute Gasteiger partial charge is 2.00 e. The molecule has 0 spiro atoms. The second-order valence-electron chi connectivity index (χ2n) is 9.44. The maximum atomic E-state index is 2.30. The Labute approximate surface area is 374 Å². The van der Waals surface area contributed by atoms with Gasteiger partial charge in [-0.15, -0.1) is 0 Å². The summed E-state index contributed by atoms with van der Waals surface area (Å²) in [5, 5.41) is 4.49. The number of halogens is 3. The zero-order valence-corrected chi connectivity index (χ0v) is 43.9. The standard InChI is InChI=1S/3C12H8.3Bi.3ClH.3Zr/c3*1-3-7-11(8-4-1)12-9-5-2-6-10-12;;;;;;;;;/h3*1-7,9H;;;;3*1H;;;/q3*-1;;;;;;;3*+2/p-3. The fourth-order valence-electron chi connectivity index (χ4n) is 5.18. The van der Waals surface area contributed by atoms with E-state index in [2.05, 4.69) is 147 Å². The van der Waals surface area contributed by atoms with Gasteiger partial charge in [-0.25, -0.2) is 0 Å². The van der Waals surface area contributed by atoms with Gasteiger partial charge in [-0.1, -0.05) is 0 Å². The predicted octanol–water partition coefficient (Wildman–Crippen LogP) is -4.60. The van der Waals surface area contributed by atoms with Crippen LogP contribution in [-0.4, -0.2) is 68.3 Å². The van der Waals surface area contributed by atoms with Gasteiger partial charge in [0.2, 0.25) is 0 Å². The second kappa shape index (κ2) is 21.6. The van der Waals surface area contributed by atoms with E-state index in [-0.39, 0.29) is 116 Å². The van der Waals surface area contributed by atoms with Crippen LogP contribution in [0.3, 0.4) is 0 Å². The maximum Gasteiger partial charge on any atom is 2.00 e. The molecule has 6 aliphatic rings. The molecule has 216 valence electrons. The van der Waals surface area contributed by atoms with Crippen molar-refractivity contribution in [3.8, 4) is 0 Å². The molecule has 0 amide bonds. The summed E-state index contributed by atoms with van der Waals surface area (Å²) in [4.78, 5) is 0. The van der Waals surface area contributed by atoms with Crippen LogP contribution in [0.25, 0.3) is 16.7 Å². The number of fused-ring (bicyclic) bond motifs is 6. The molecular formula is C36H24Bi3Cl3Zr3. The van der Waals surface area contributed by atoms with Crippen LogP contribution in [0.2, 0.25) is 0 Å². The summed E-state index contributed by atoms with van der Waals surface area (Å²) in [6.45, 7) is 0. The molecule has 0 saturated heterocycles. The van der Waals surface area contributed by atoms with Crippen molar-refractivity contribution >= 4 is 85.0 Å². The van der Waals surface area contributed by atoms with Crippen molar-refractivity contribution in [2.24, 2.45) is 0 Å². The van der Waals surface area contributed by atoms with Crippen molar-refractivity contribution in [1.82, 2.24) is 0 Å². The number of rotatable bonds is 0. The quantitative estimate of drug-likeness (QED) is 0.158. The molecule has 45 heavy (non-hydrogen) atoms. The third-order valence-electron chi connectivity index (χ3n) is 7.02. The average Bonchev–Trinajstić information content (AvgIpc) is 3.69. The van der Waals surface area contributed by atoms with Crippen LogP contribution in [0, 0.1) is 27.8 Å². The zero-order valence-electron chi connectivity index (χ0n) is 23.8. The molecule has 0 radical (unpaired) electrons. The molecule has 9 heteroatoms. The van der Waals surface area contributed by atoms with E-state index in [0.717, 1.165) is 0 Å². The van der Waals surface area contributed by atoms with Gasteiger partial charge in [0.25, 0.3) is 0 Å². The van der Waals surface area contributed by atoms with Gasteiger partial charge in [0.05, 0.1) is 0 Å². The van der Waals surface area contributed by atoms with Crippen molar-refractivity contribution in [2.45, 2.75) is 0 Å². The molecule has 3 heterocycles. The Balaban J connectivity index is 0.000000316. The summed E-state index contributed by atoms with van der Waals surface area (Å²) in [6.07, 6.45) is 26.6. The van der Waals surface area contributed by atoms with Crippen LogP contribution in [0.1, 0.15) is 0 Å². The minimum Gasteiger partial charge on any atom is -1.00 e. The number of benzene rings is 3. The van der Waals surface area contributed by atoms with E-state index in [9.17, 15) is 0 Å².